The number of nitrogens with two attached hydrogens (primary N) is 1. The molecule has 2 heteroatoms. The van der Waals surface area contributed by atoms with Crippen molar-refractivity contribution in [3.63, 3.8) is 0 Å². The van der Waals surface area contributed by atoms with Gasteiger partial charge in [0.25, 0.3) is 0 Å². The lowest BCUT2D eigenvalue weighted by Gasteiger charge is -2.04. The van der Waals surface area contributed by atoms with Crippen molar-refractivity contribution in [1.29, 1.82) is 0 Å². The molecule has 0 amide bonds. The predicted octanol–water partition coefficient (Wildman–Crippen LogP) is 2.69. The molecule has 1 aromatic carbocycles. The molecule has 0 aliphatic heterocycles. The minimum absolute atomic E-state index is 0. The molecule has 0 fully saturated rings. The normalized spacial score (nSPS) is 9.17. The molecule has 1 rings (SSSR count). The van der Waals surface area contributed by atoms with E-state index in [-0.39, 0.29) is 6.15 Å². The quantitative estimate of drug-likeness (QED) is 0.663. The van der Waals surface area contributed by atoms with E-state index in [0.29, 0.717) is 0 Å². The Morgan fingerprint density at radius 1 is 1.33 bits per heavy atom. The fraction of sp³-hybridized carbons (Fsp3) is 0.400. The van der Waals surface area contributed by atoms with Gasteiger partial charge in [0.2, 0.25) is 0 Å². The molecule has 1 aromatic rings. The van der Waals surface area contributed by atoms with E-state index in [4.69, 9.17) is 5.73 Å². The van der Waals surface area contributed by atoms with Crippen LogP contribution >= 0.6 is 0 Å². The molecule has 0 unspecified atom stereocenters. The van der Waals surface area contributed by atoms with Crippen LogP contribution in [0.25, 0.3) is 0 Å². The van der Waals surface area contributed by atoms with E-state index in [2.05, 4.69) is 26.0 Å². The lowest BCUT2D eigenvalue weighted by molar-refractivity contribution is 0.923. The number of nitrogen functional groups attached to an aromatic ring is 1. The maximum Gasteiger partial charge on any atom is 0.0346 e. The van der Waals surface area contributed by atoms with Crippen molar-refractivity contribution in [3.05, 3.63) is 29.3 Å². The summed E-state index contributed by atoms with van der Waals surface area (Å²) in [4.78, 5) is 0. The lowest BCUT2D eigenvalue weighted by atomic mass is 10.1. The monoisotopic (exact) mass is 166 g/mol. The molecule has 0 radical (unpaired) electrons. The molecule has 0 aliphatic carbocycles. The molecular weight excluding hydrogens is 148 g/mol. The highest BCUT2D eigenvalue weighted by Crippen LogP contribution is 2.14. The molecule has 0 aromatic heterocycles. The highest BCUT2D eigenvalue weighted by Gasteiger charge is 1.96. The minimum atomic E-state index is 0. The fourth-order valence-electron chi connectivity index (χ4n) is 1.22. The average molecular weight is 166 g/mol. The van der Waals surface area contributed by atoms with Crippen LogP contribution in [0, 0.1) is 6.92 Å². The van der Waals surface area contributed by atoms with Crippen molar-refractivity contribution in [3.8, 4) is 0 Å². The van der Waals surface area contributed by atoms with Gasteiger partial charge in [0.1, 0.15) is 0 Å². The summed E-state index contributed by atoms with van der Waals surface area (Å²) < 4.78 is 0. The van der Waals surface area contributed by atoms with E-state index in [1.54, 1.807) is 0 Å². The van der Waals surface area contributed by atoms with E-state index in [1.807, 2.05) is 6.07 Å². The summed E-state index contributed by atoms with van der Waals surface area (Å²) >= 11 is 0. The third-order valence-electron chi connectivity index (χ3n) is 1.82. The number of rotatable bonds is 2. The molecule has 68 valence electrons. The molecule has 5 N–H and O–H groups in total. The summed E-state index contributed by atoms with van der Waals surface area (Å²) in [6.07, 6.45) is 2.25. The number of aryl methyl sites for hydroxylation is 2. The van der Waals surface area contributed by atoms with Crippen LogP contribution in [0.1, 0.15) is 24.5 Å². The fourth-order valence-corrected chi connectivity index (χ4v) is 1.22. The zero-order valence-corrected chi connectivity index (χ0v) is 7.93. The largest absolute Gasteiger partial charge is 0.399 e. The molecule has 0 saturated heterocycles. The molecular formula is C10H18N2. The Morgan fingerprint density at radius 3 is 2.58 bits per heavy atom. The summed E-state index contributed by atoms with van der Waals surface area (Å²) in [6.45, 7) is 4.26. The van der Waals surface area contributed by atoms with E-state index in [1.165, 1.54) is 11.1 Å². The standard InChI is InChI=1S/C10H15N.H3N/c1-3-4-9-7-8(2)5-6-10(9)11;/h5-7H,3-4,11H2,1-2H3;1H3. The third kappa shape index (κ3) is 2.55. The number of hydrogen-bond donors (Lipinski definition) is 2. The van der Waals surface area contributed by atoms with Gasteiger partial charge in [0.15, 0.2) is 0 Å². The van der Waals surface area contributed by atoms with Crippen LogP contribution in [0.5, 0.6) is 0 Å². The molecule has 12 heavy (non-hydrogen) atoms. The summed E-state index contributed by atoms with van der Waals surface area (Å²) in [6, 6.07) is 6.20. The van der Waals surface area contributed by atoms with Crippen molar-refractivity contribution >= 4 is 5.69 Å². The summed E-state index contributed by atoms with van der Waals surface area (Å²) in [5.41, 5.74) is 9.28. The second kappa shape index (κ2) is 4.78. The van der Waals surface area contributed by atoms with E-state index in [0.717, 1.165) is 18.5 Å². The zero-order chi connectivity index (χ0) is 8.27. The second-order valence-corrected chi connectivity index (χ2v) is 2.95. The van der Waals surface area contributed by atoms with Crippen LogP contribution in [-0.4, -0.2) is 0 Å². The smallest absolute Gasteiger partial charge is 0.0346 e. The Labute approximate surface area is 74.4 Å². The van der Waals surface area contributed by atoms with Gasteiger partial charge in [-0.2, -0.15) is 0 Å². The van der Waals surface area contributed by atoms with Gasteiger partial charge in [-0.25, -0.2) is 0 Å². The topological polar surface area (TPSA) is 61.0 Å². The van der Waals surface area contributed by atoms with Crippen molar-refractivity contribution in [1.82, 2.24) is 6.15 Å². The average Bonchev–Trinajstić information content (AvgIpc) is 1.98. The van der Waals surface area contributed by atoms with Gasteiger partial charge in [-0.15, -0.1) is 0 Å². The predicted molar refractivity (Wildman–Crippen MR) is 54.6 cm³/mol. The first-order valence-electron chi connectivity index (χ1n) is 4.09. The van der Waals surface area contributed by atoms with Crippen molar-refractivity contribution < 1.29 is 0 Å². The van der Waals surface area contributed by atoms with Gasteiger partial charge in [-0.05, 0) is 25.0 Å². The molecule has 0 bridgehead atoms. The molecule has 0 atom stereocenters. The molecule has 2 nitrogen and oxygen atoms in total. The van der Waals surface area contributed by atoms with E-state index >= 15 is 0 Å². The van der Waals surface area contributed by atoms with Gasteiger partial charge in [0, 0.05) is 5.69 Å². The number of anilines is 1. The highest BCUT2D eigenvalue weighted by molar-refractivity contribution is 5.48. The Kier molecular flexibility index (Phi) is 4.37. The van der Waals surface area contributed by atoms with Gasteiger partial charge < -0.3 is 11.9 Å². The second-order valence-electron chi connectivity index (χ2n) is 2.95. The summed E-state index contributed by atoms with van der Waals surface area (Å²) in [5.74, 6) is 0. The summed E-state index contributed by atoms with van der Waals surface area (Å²) in [7, 11) is 0. The minimum Gasteiger partial charge on any atom is -0.399 e. The number of hydrogen-bond acceptors (Lipinski definition) is 2. The van der Waals surface area contributed by atoms with E-state index in [9.17, 15) is 0 Å². The van der Waals surface area contributed by atoms with Gasteiger partial charge in [-0.1, -0.05) is 31.0 Å². The van der Waals surface area contributed by atoms with Crippen LogP contribution in [0.2, 0.25) is 0 Å². The van der Waals surface area contributed by atoms with Crippen molar-refractivity contribution in [2.75, 3.05) is 5.73 Å². The molecule has 0 heterocycles. The maximum atomic E-state index is 5.78. The Hall–Kier alpha value is -1.02. The Bertz CT molecular complexity index is 244. The van der Waals surface area contributed by atoms with Crippen LogP contribution in [0.3, 0.4) is 0 Å². The first-order valence-corrected chi connectivity index (χ1v) is 4.09. The third-order valence-corrected chi connectivity index (χ3v) is 1.82. The van der Waals surface area contributed by atoms with Crippen molar-refractivity contribution in [2.24, 2.45) is 0 Å². The number of benzene rings is 1. The molecule has 0 aliphatic rings. The zero-order valence-electron chi connectivity index (χ0n) is 7.93. The van der Waals surface area contributed by atoms with Crippen LogP contribution in [-0.2, 0) is 6.42 Å². The lowest BCUT2D eigenvalue weighted by Crippen LogP contribution is -1.93. The van der Waals surface area contributed by atoms with Gasteiger partial charge >= 0.3 is 0 Å². The Balaban J connectivity index is 0.00000121. The summed E-state index contributed by atoms with van der Waals surface area (Å²) in [5, 5.41) is 0. The van der Waals surface area contributed by atoms with Gasteiger partial charge in [0.05, 0.1) is 0 Å². The maximum absolute atomic E-state index is 5.78. The van der Waals surface area contributed by atoms with Gasteiger partial charge in [-0.3, -0.25) is 0 Å². The highest BCUT2D eigenvalue weighted by atomic mass is 14.6. The Morgan fingerprint density at radius 2 is 2.00 bits per heavy atom. The molecule has 0 spiro atoms. The molecule has 0 saturated carbocycles. The van der Waals surface area contributed by atoms with Crippen molar-refractivity contribution in [2.45, 2.75) is 26.7 Å². The van der Waals surface area contributed by atoms with Crippen LogP contribution < -0.4 is 11.9 Å². The van der Waals surface area contributed by atoms with E-state index < -0.39 is 0 Å². The first-order chi connectivity index (χ1) is 5.24. The van der Waals surface area contributed by atoms with Crippen LogP contribution in [0.4, 0.5) is 5.69 Å². The van der Waals surface area contributed by atoms with Crippen LogP contribution in [0.15, 0.2) is 18.2 Å². The first kappa shape index (κ1) is 11.0. The SMILES string of the molecule is CCCc1cc(C)ccc1N.N.